The second-order valence-corrected chi connectivity index (χ2v) is 4.07. The van der Waals surface area contributed by atoms with Gasteiger partial charge >= 0.3 is 0 Å². The highest BCUT2D eigenvalue weighted by Gasteiger charge is 2.12. The van der Waals surface area contributed by atoms with E-state index >= 15 is 0 Å². The Morgan fingerprint density at radius 3 is 2.67 bits per heavy atom. The first-order valence-corrected chi connectivity index (χ1v) is 5.94. The Bertz CT molecular complexity index is 444. The molecule has 1 aromatic rings. The molecule has 18 heavy (non-hydrogen) atoms. The molecule has 6 heteroatoms. The van der Waals surface area contributed by atoms with Gasteiger partial charge < -0.3 is 21.7 Å². The maximum atomic E-state index is 5.23. The van der Waals surface area contributed by atoms with Crippen molar-refractivity contribution in [2.45, 2.75) is 0 Å². The number of para-hydroxylation sites is 1. The first-order chi connectivity index (χ1) is 8.77. The molecule has 0 saturated carbocycles. The molecule has 0 amide bonds. The van der Waals surface area contributed by atoms with Crippen LogP contribution in [0.3, 0.4) is 0 Å². The Morgan fingerprint density at radius 2 is 1.94 bits per heavy atom. The molecule has 0 unspecified atom stereocenters. The number of nitrogens with two attached hydrogens (primary N) is 2. The molecule has 1 fully saturated rings. The Kier molecular flexibility index (Phi) is 4.14. The Labute approximate surface area is 106 Å². The summed E-state index contributed by atoms with van der Waals surface area (Å²) in [6.07, 6.45) is 1.68. The number of hydrogen-bond acceptors (Lipinski definition) is 4. The van der Waals surface area contributed by atoms with Crippen molar-refractivity contribution in [2.75, 3.05) is 31.1 Å². The molecule has 0 spiro atoms. The van der Waals surface area contributed by atoms with Gasteiger partial charge in [-0.15, -0.1) is 5.10 Å². The van der Waals surface area contributed by atoms with Gasteiger partial charge in [-0.25, -0.2) is 0 Å². The molecule has 0 bridgehead atoms. The number of anilines is 1. The minimum atomic E-state index is -0.0362. The summed E-state index contributed by atoms with van der Waals surface area (Å²) in [6, 6.07) is 8.09. The zero-order valence-corrected chi connectivity index (χ0v) is 10.2. The van der Waals surface area contributed by atoms with Crippen molar-refractivity contribution < 1.29 is 0 Å². The Balaban J connectivity index is 2.19. The lowest BCUT2D eigenvalue weighted by atomic mass is 10.1. The average molecular weight is 246 g/mol. The SMILES string of the molecule is NC(N)=NN=Cc1ccccc1N1CCNCC1. The van der Waals surface area contributed by atoms with Crippen molar-refractivity contribution in [3.8, 4) is 0 Å². The minimum absolute atomic E-state index is 0.0362. The zero-order valence-electron chi connectivity index (χ0n) is 10.2. The van der Waals surface area contributed by atoms with Gasteiger partial charge in [0.2, 0.25) is 5.96 Å². The largest absolute Gasteiger partial charge is 0.369 e. The van der Waals surface area contributed by atoms with Gasteiger partial charge in [0.1, 0.15) is 0 Å². The van der Waals surface area contributed by atoms with E-state index < -0.39 is 0 Å². The van der Waals surface area contributed by atoms with Crippen LogP contribution in [0.4, 0.5) is 5.69 Å². The van der Waals surface area contributed by atoms with Gasteiger partial charge in [0.25, 0.3) is 0 Å². The fraction of sp³-hybridized carbons (Fsp3) is 0.333. The number of rotatable bonds is 3. The smallest absolute Gasteiger partial charge is 0.211 e. The molecular formula is C12H18N6. The van der Waals surface area contributed by atoms with Crippen molar-refractivity contribution in [2.24, 2.45) is 21.7 Å². The highest BCUT2D eigenvalue weighted by atomic mass is 15.3. The van der Waals surface area contributed by atoms with Gasteiger partial charge in [0.05, 0.1) is 6.21 Å². The summed E-state index contributed by atoms with van der Waals surface area (Å²) in [5, 5.41) is 10.8. The number of piperazine rings is 1. The number of nitrogens with zero attached hydrogens (tertiary/aromatic N) is 3. The van der Waals surface area contributed by atoms with E-state index in [0.717, 1.165) is 37.4 Å². The van der Waals surface area contributed by atoms with Crippen molar-refractivity contribution in [1.82, 2.24) is 5.32 Å². The molecule has 1 aliphatic heterocycles. The number of benzene rings is 1. The molecule has 1 heterocycles. The van der Waals surface area contributed by atoms with Crippen LogP contribution in [-0.2, 0) is 0 Å². The van der Waals surface area contributed by atoms with Crippen LogP contribution in [-0.4, -0.2) is 38.4 Å². The van der Waals surface area contributed by atoms with Crippen LogP contribution in [0.25, 0.3) is 0 Å². The van der Waals surface area contributed by atoms with E-state index in [0.29, 0.717) is 0 Å². The Morgan fingerprint density at radius 1 is 1.22 bits per heavy atom. The molecule has 0 atom stereocenters. The fourth-order valence-corrected chi connectivity index (χ4v) is 1.95. The van der Waals surface area contributed by atoms with E-state index in [-0.39, 0.29) is 5.96 Å². The fourth-order valence-electron chi connectivity index (χ4n) is 1.95. The molecule has 5 N–H and O–H groups in total. The molecule has 0 aromatic heterocycles. The van der Waals surface area contributed by atoms with Gasteiger partial charge in [-0.3, -0.25) is 0 Å². The summed E-state index contributed by atoms with van der Waals surface area (Å²) in [7, 11) is 0. The average Bonchev–Trinajstić information content (AvgIpc) is 2.40. The highest BCUT2D eigenvalue weighted by molar-refractivity contribution is 5.88. The standard InChI is InChI=1S/C12H18N6/c13-12(14)17-16-9-10-3-1-2-4-11(10)18-7-5-15-6-8-18/h1-4,9,15H,5-8H2,(H4,13,14,17). The number of nitrogens with one attached hydrogen (secondary N) is 1. The lowest BCUT2D eigenvalue weighted by Crippen LogP contribution is -2.43. The van der Waals surface area contributed by atoms with Crippen LogP contribution in [0.15, 0.2) is 34.5 Å². The van der Waals surface area contributed by atoms with Gasteiger partial charge in [0.15, 0.2) is 0 Å². The summed E-state index contributed by atoms with van der Waals surface area (Å²) >= 11 is 0. The van der Waals surface area contributed by atoms with Gasteiger partial charge in [-0.2, -0.15) is 5.10 Å². The summed E-state index contributed by atoms with van der Waals surface area (Å²) in [5.41, 5.74) is 12.6. The number of guanidine groups is 1. The lowest BCUT2D eigenvalue weighted by Gasteiger charge is -2.30. The summed E-state index contributed by atoms with van der Waals surface area (Å²) in [5.74, 6) is -0.0362. The first-order valence-electron chi connectivity index (χ1n) is 5.94. The van der Waals surface area contributed by atoms with E-state index in [1.54, 1.807) is 6.21 Å². The Hall–Kier alpha value is -2.08. The van der Waals surface area contributed by atoms with Gasteiger partial charge in [-0.1, -0.05) is 18.2 Å². The molecule has 1 aromatic carbocycles. The molecule has 96 valence electrons. The van der Waals surface area contributed by atoms with Crippen LogP contribution in [0, 0.1) is 0 Å². The molecule has 1 aliphatic rings. The zero-order chi connectivity index (χ0) is 12.8. The normalized spacial score (nSPS) is 15.9. The summed E-state index contributed by atoms with van der Waals surface area (Å²) < 4.78 is 0. The second kappa shape index (κ2) is 6.02. The van der Waals surface area contributed by atoms with E-state index in [4.69, 9.17) is 11.5 Å². The molecular weight excluding hydrogens is 228 g/mol. The maximum absolute atomic E-state index is 5.23. The third-order valence-corrected chi connectivity index (χ3v) is 2.76. The molecule has 1 saturated heterocycles. The highest BCUT2D eigenvalue weighted by Crippen LogP contribution is 2.19. The topological polar surface area (TPSA) is 92.0 Å². The van der Waals surface area contributed by atoms with Crippen LogP contribution in [0.1, 0.15) is 5.56 Å². The predicted octanol–water partition coefficient (Wildman–Crippen LogP) is -0.297. The third-order valence-electron chi connectivity index (χ3n) is 2.76. The van der Waals surface area contributed by atoms with E-state index in [2.05, 4.69) is 26.5 Å². The van der Waals surface area contributed by atoms with Gasteiger partial charge in [0, 0.05) is 37.4 Å². The van der Waals surface area contributed by atoms with Crippen molar-refractivity contribution in [3.05, 3.63) is 29.8 Å². The maximum Gasteiger partial charge on any atom is 0.211 e. The number of hydrogen-bond donors (Lipinski definition) is 3. The lowest BCUT2D eigenvalue weighted by molar-refractivity contribution is 0.589. The van der Waals surface area contributed by atoms with Crippen LogP contribution < -0.4 is 21.7 Å². The minimum Gasteiger partial charge on any atom is -0.369 e. The molecule has 0 aliphatic carbocycles. The monoisotopic (exact) mass is 246 g/mol. The van der Waals surface area contributed by atoms with E-state index in [1.807, 2.05) is 18.2 Å². The van der Waals surface area contributed by atoms with Gasteiger partial charge in [-0.05, 0) is 6.07 Å². The van der Waals surface area contributed by atoms with Crippen LogP contribution >= 0.6 is 0 Å². The first kappa shape index (κ1) is 12.4. The van der Waals surface area contributed by atoms with Crippen molar-refractivity contribution in [1.29, 1.82) is 0 Å². The molecule has 0 radical (unpaired) electrons. The van der Waals surface area contributed by atoms with Crippen LogP contribution in [0.5, 0.6) is 0 Å². The quantitative estimate of drug-likeness (QED) is 0.388. The summed E-state index contributed by atoms with van der Waals surface area (Å²) in [4.78, 5) is 2.33. The molecule has 2 rings (SSSR count). The predicted molar refractivity (Wildman–Crippen MR) is 74.9 cm³/mol. The van der Waals surface area contributed by atoms with Crippen LogP contribution in [0.2, 0.25) is 0 Å². The third kappa shape index (κ3) is 3.21. The second-order valence-electron chi connectivity index (χ2n) is 4.07. The van der Waals surface area contributed by atoms with Crippen molar-refractivity contribution >= 4 is 17.9 Å². The summed E-state index contributed by atoms with van der Waals surface area (Å²) in [6.45, 7) is 3.99. The van der Waals surface area contributed by atoms with E-state index in [9.17, 15) is 0 Å². The van der Waals surface area contributed by atoms with E-state index in [1.165, 1.54) is 0 Å². The molecule has 6 nitrogen and oxygen atoms in total. The van der Waals surface area contributed by atoms with Crippen molar-refractivity contribution in [3.63, 3.8) is 0 Å².